The van der Waals surface area contributed by atoms with E-state index in [1.165, 1.54) is 18.4 Å². The minimum atomic E-state index is 0.759. The summed E-state index contributed by atoms with van der Waals surface area (Å²) in [5.74, 6) is 0.759. The van der Waals surface area contributed by atoms with Crippen LogP contribution in [0, 0.1) is 0 Å². The largest absolute Gasteiger partial charge is 0.317 e. The van der Waals surface area contributed by atoms with Crippen LogP contribution < -0.4 is 5.32 Å². The average molecular weight is 193 g/mol. The highest BCUT2D eigenvalue weighted by Gasteiger charge is 2.14. The van der Waals surface area contributed by atoms with Gasteiger partial charge in [-0.05, 0) is 49.5 Å². The molecule has 1 fully saturated rings. The van der Waals surface area contributed by atoms with Crippen molar-refractivity contribution in [1.82, 2.24) is 5.32 Å². The third-order valence-corrected chi connectivity index (χ3v) is 3.00. The molecular weight excluding hydrogens is 178 g/mol. The molecule has 0 aliphatic carbocycles. The first-order chi connectivity index (χ1) is 6.36. The van der Waals surface area contributed by atoms with Gasteiger partial charge in [0.15, 0.2) is 0 Å². The van der Waals surface area contributed by atoms with Gasteiger partial charge < -0.3 is 5.32 Å². The Hall–Kier alpha value is -0.470. The molecule has 1 aliphatic rings. The molecule has 0 bridgehead atoms. The zero-order chi connectivity index (χ0) is 9.10. The van der Waals surface area contributed by atoms with E-state index in [-0.39, 0.29) is 0 Å². The lowest BCUT2D eigenvalue weighted by Crippen LogP contribution is -2.26. The highest BCUT2D eigenvalue weighted by molar-refractivity contribution is 7.80. The summed E-state index contributed by atoms with van der Waals surface area (Å²) < 4.78 is 0. The van der Waals surface area contributed by atoms with Gasteiger partial charge in [0.1, 0.15) is 0 Å². The third kappa shape index (κ3) is 2.26. The van der Waals surface area contributed by atoms with Gasteiger partial charge in [-0.15, -0.1) is 12.6 Å². The lowest BCUT2D eigenvalue weighted by Gasteiger charge is -2.22. The Kier molecular flexibility index (Phi) is 2.91. The van der Waals surface area contributed by atoms with Crippen LogP contribution in [0.15, 0.2) is 29.2 Å². The van der Waals surface area contributed by atoms with Crippen LogP contribution in [0.4, 0.5) is 0 Å². The number of piperidine rings is 1. The number of hydrogen-bond donors (Lipinski definition) is 2. The zero-order valence-electron chi connectivity index (χ0n) is 7.66. The normalized spacial score (nSPS) is 18.8. The molecule has 0 spiro atoms. The number of hydrogen-bond acceptors (Lipinski definition) is 2. The molecule has 13 heavy (non-hydrogen) atoms. The quantitative estimate of drug-likeness (QED) is 0.653. The summed E-state index contributed by atoms with van der Waals surface area (Å²) in [6, 6.07) is 8.58. The van der Waals surface area contributed by atoms with Crippen LogP contribution in [-0.4, -0.2) is 13.1 Å². The van der Waals surface area contributed by atoms with Gasteiger partial charge in [0, 0.05) is 4.90 Å². The smallest absolute Gasteiger partial charge is 0.00401 e. The molecule has 0 saturated carbocycles. The van der Waals surface area contributed by atoms with Crippen LogP contribution >= 0.6 is 12.6 Å². The monoisotopic (exact) mass is 193 g/mol. The summed E-state index contributed by atoms with van der Waals surface area (Å²) in [7, 11) is 0. The lowest BCUT2D eigenvalue weighted by molar-refractivity contribution is 0.460. The SMILES string of the molecule is Sc1ccc(C2CCNCC2)cc1. The van der Waals surface area contributed by atoms with Crippen molar-refractivity contribution >= 4 is 12.6 Å². The Labute approximate surface area is 85.0 Å². The molecule has 1 aromatic rings. The van der Waals surface area contributed by atoms with Gasteiger partial charge in [-0.25, -0.2) is 0 Å². The summed E-state index contributed by atoms with van der Waals surface area (Å²) in [4.78, 5) is 1.05. The molecule has 1 saturated heterocycles. The van der Waals surface area contributed by atoms with Crippen molar-refractivity contribution in [1.29, 1.82) is 0 Å². The molecule has 70 valence electrons. The van der Waals surface area contributed by atoms with E-state index in [4.69, 9.17) is 0 Å². The van der Waals surface area contributed by atoms with Crippen molar-refractivity contribution < 1.29 is 0 Å². The average Bonchev–Trinajstić information content (AvgIpc) is 2.20. The summed E-state index contributed by atoms with van der Waals surface area (Å²) in [5, 5.41) is 3.38. The van der Waals surface area contributed by atoms with Gasteiger partial charge >= 0.3 is 0 Å². The molecule has 0 unspecified atom stereocenters. The molecule has 0 radical (unpaired) electrons. The number of benzene rings is 1. The minimum absolute atomic E-state index is 0.759. The van der Waals surface area contributed by atoms with Gasteiger partial charge in [-0.1, -0.05) is 12.1 Å². The molecule has 2 rings (SSSR count). The van der Waals surface area contributed by atoms with Gasteiger partial charge in [-0.3, -0.25) is 0 Å². The molecule has 1 aliphatic heterocycles. The van der Waals surface area contributed by atoms with Crippen LogP contribution in [0.25, 0.3) is 0 Å². The molecule has 1 heterocycles. The molecule has 1 nitrogen and oxygen atoms in total. The van der Waals surface area contributed by atoms with Crippen molar-refractivity contribution in [2.45, 2.75) is 23.7 Å². The van der Waals surface area contributed by atoms with Crippen LogP contribution in [0.2, 0.25) is 0 Å². The molecule has 1 N–H and O–H groups in total. The van der Waals surface area contributed by atoms with E-state index < -0.39 is 0 Å². The van der Waals surface area contributed by atoms with Crippen molar-refractivity contribution in [3.8, 4) is 0 Å². The summed E-state index contributed by atoms with van der Waals surface area (Å²) in [6.45, 7) is 2.32. The number of rotatable bonds is 1. The van der Waals surface area contributed by atoms with Gasteiger partial charge in [0.05, 0.1) is 0 Å². The second kappa shape index (κ2) is 4.16. The van der Waals surface area contributed by atoms with Gasteiger partial charge in [0.2, 0.25) is 0 Å². The number of nitrogens with one attached hydrogen (secondary N) is 1. The first-order valence-corrected chi connectivity index (χ1v) is 5.30. The Morgan fingerprint density at radius 1 is 1.08 bits per heavy atom. The van der Waals surface area contributed by atoms with E-state index in [0.717, 1.165) is 23.9 Å². The fourth-order valence-electron chi connectivity index (χ4n) is 1.90. The summed E-state index contributed by atoms with van der Waals surface area (Å²) in [6.07, 6.45) is 2.54. The predicted molar refractivity (Wildman–Crippen MR) is 58.5 cm³/mol. The van der Waals surface area contributed by atoms with Crippen molar-refractivity contribution in [3.05, 3.63) is 29.8 Å². The Morgan fingerprint density at radius 2 is 1.69 bits per heavy atom. The number of thiol groups is 1. The van der Waals surface area contributed by atoms with E-state index in [1.54, 1.807) is 0 Å². The van der Waals surface area contributed by atoms with Crippen molar-refractivity contribution in [2.75, 3.05) is 13.1 Å². The second-order valence-corrected chi connectivity index (χ2v) is 4.13. The highest BCUT2D eigenvalue weighted by atomic mass is 32.1. The maximum absolute atomic E-state index is 4.28. The van der Waals surface area contributed by atoms with Crippen LogP contribution in [-0.2, 0) is 0 Å². The topological polar surface area (TPSA) is 12.0 Å². The van der Waals surface area contributed by atoms with E-state index in [1.807, 2.05) is 0 Å². The second-order valence-electron chi connectivity index (χ2n) is 3.62. The van der Waals surface area contributed by atoms with Crippen LogP contribution in [0.3, 0.4) is 0 Å². The van der Waals surface area contributed by atoms with Crippen molar-refractivity contribution in [3.63, 3.8) is 0 Å². The fraction of sp³-hybridized carbons (Fsp3) is 0.455. The highest BCUT2D eigenvalue weighted by Crippen LogP contribution is 2.25. The van der Waals surface area contributed by atoms with E-state index in [9.17, 15) is 0 Å². The molecular formula is C11H15NS. The van der Waals surface area contributed by atoms with Crippen LogP contribution in [0.1, 0.15) is 24.3 Å². The molecule has 1 aromatic carbocycles. The van der Waals surface area contributed by atoms with Crippen LogP contribution in [0.5, 0.6) is 0 Å². The van der Waals surface area contributed by atoms with Gasteiger partial charge in [0.25, 0.3) is 0 Å². The summed E-state index contributed by atoms with van der Waals surface area (Å²) in [5.41, 5.74) is 1.47. The van der Waals surface area contributed by atoms with E-state index >= 15 is 0 Å². The maximum atomic E-state index is 4.28. The minimum Gasteiger partial charge on any atom is -0.317 e. The Morgan fingerprint density at radius 3 is 2.31 bits per heavy atom. The zero-order valence-corrected chi connectivity index (χ0v) is 8.56. The van der Waals surface area contributed by atoms with E-state index in [2.05, 4.69) is 42.2 Å². The summed E-state index contributed by atoms with van der Waals surface area (Å²) >= 11 is 4.28. The fourth-order valence-corrected chi connectivity index (χ4v) is 2.05. The molecule has 2 heteroatoms. The molecule has 0 amide bonds. The predicted octanol–water partition coefficient (Wildman–Crippen LogP) is 2.44. The Bertz CT molecular complexity index is 262. The van der Waals surface area contributed by atoms with Gasteiger partial charge in [-0.2, -0.15) is 0 Å². The third-order valence-electron chi connectivity index (χ3n) is 2.70. The van der Waals surface area contributed by atoms with Crippen molar-refractivity contribution in [2.24, 2.45) is 0 Å². The first kappa shape index (κ1) is 9.10. The lowest BCUT2D eigenvalue weighted by atomic mass is 9.90. The van der Waals surface area contributed by atoms with E-state index in [0.29, 0.717) is 0 Å². The molecule has 0 aromatic heterocycles. The molecule has 0 atom stereocenters. The standard InChI is InChI=1S/C11H15NS/c13-11-3-1-9(2-4-11)10-5-7-12-8-6-10/h1-4,10,12-13H,5-8H2. The first-order valence-electron chi connectivity index (χ1n) is 4.86. The maximum Gasteiger partial charge on any atom is 0.00401 e. The Balaban J connectivity index is 2.10.